The van der Waals surface area contributed by atoms with Gasteiger partial charge in [-0.25, -0.2) is 4.58 Å². The number of hydrogen-bond acceptors (Lipinski definition) is 11. The molecule has 6 rings (SSSR count). The van der Waals surface area contributed by atoms with Crippen LogP contribution in [0.15, 0.2) is 77.2 Å². The number of rotatable bonds is 5. The summed E-state index contributed by atoms with van der Waals surface area (Å²) in [7, 11) is 8.33. The Morgan fingerprint density at radius 2 is 1.33 bits per heavy atom. The number of benzene rings is 4. The second kappa shape index (κ2) is 20.1. The molecule has 0 amide bonds. The van der Waals surface area contributed by atoms with Gasteiger partial charge in [0, 0.05) is 47.2 Å². The maximum atomic E-state index is 12.7. The summed E-state index contributed by atoms with van der Waals surface area (Å²) in [6.07, 6.45) is 0. The van der Waals surface area contributed by atoms with Crippen molar-refractivity contribution in [2.24, 2.45) is 5.73 Å². The summed E-state index contributed by atoms with van der Waals surface area (Å²) in [5.74, 6) is 2.88. The predicted octanol–water partition coefficient (Wildman–Crippen LogP) is 2.60. The molecule has 0 saturated carbocycles. The van der Waals surface area contributed by atoms with Gasteiger partial charge in [0.1, 0.15) is 63.2 Å². The largest absolute Gasteiger partial charge is 1.00 e. The van der Waals surface area contributed by atoms with Crippen molar-refractivity contribution >= 4 is 46.0 Å². The van der Waals surface area contributed by atoms with Crippen molar-refractivity contribution in [2.75, 3.05) is 96.1 Å². The number of nitrogens with two attached hydrogens (primary N) is 1. The Morgan fingerprint density at radius 3 is 1.93 bits per heavy atom. The molecule has 0 bridgehead atoms. The molecule has 0 fully saturated rings. The fourth-order valence-corrected chi connectivity index (χ4v) is 7.29. The van der Waals surface area contributed by atoms with Gasteiger partial charge in [-0.2, -0.15) is 11.8 Å². The number of fused-ring (bicyclic) bond motifs is 4. The molecule has 55 heavy (non-hydrogen) atoms. The van der Waals surface area contributed by atoms with Crippen LogP contribution in [0.25, 0.3) is 33.4 Å². The van der Waals surface area contributed by atoms with E-state index in [1.54, 1.807) is 11.8 Å². The SMILES string of the molecule is CN.COC(=O)CN1CCSCCN(CC(=O)OC)c2ccc(-c3c4ccc(=[N+](C)C)cc-4oc4cc(C)ccc34)cc2OCCOc2cc(C)ccc21.[Cl-]. The Kier molecular flexibility index (Phi) is 15.7. The lowest BCUT2D eigenvalue weighted by Gasteiger charge is -2.27. The Bertz CT molecular complexity index is 2140. The second-order valence-corrected chi connectivity index (χ2v) is 14.2. The Hall–Kier alpha value is -4.91. The van der Waals surface area contributed by atoms with E-state index in [1.165, 1.54) is 21.3 Å². The number of carbonyl (C=O) groups excluding carboxylic acids is 2. The molecule has 2 heterocycles. The lowest BCUT2D eigenvalue weighted by Crippen LogP contribution is -3.00. The van der Waals surface area contributed by atoms with Crippen LogP contribution in [-0.4, -0.2) is 98.2 Å². The van der Waals surface area contributed by atoms with Crippen molar-refractivity contribution in [3.8, 4) is 33.9 Å². The highest BCUT2D eigenvalue weighted by molar-refractivity contribution is 7.99. The van der Waals surface area contributed by atoms with Gasteiger partial charge in [-0.1, -0.05) is 24.3 Å². The lowest BCUT2D eigenvalue weighted by atomic mass is 9.93. The van der Waals surface area contributed by atoms with Crippen molar-refractivity contribution in [2.45, 2.75) is 13.8 Å². The summed E-state index contributed by atoms with van der Waals surface area (Å²) in [4.78, 5) is 29.1. The van der Waals surface area contributed by atoms with E-state index in [4.69, 9.17) is 23.4 Å². The minimum atomic E-state index is -0.343. The van der Waals surface area contributed by atoms with E-state index in [2.05, 4.69) is 65.8 Å². The third kappa shape index (κ3) is 10.4. The normalized spacial score (nSPS) is 13.3. The standard InChI is InChI=1S/C41H46N3O7S.CH5N.ClH/c1-27-7-11-31-35(21-27)51-36-24-30(42(3)4)10-12-32(36)41(31)29-9-14-34-38(23-29)50-18-17-49-37-22-28(2)8-13-33(37)43(25-39(45)47-5)15-19-52-20-16-44(34)26-40(46)48-6;1-2;/h7-14,21-24H,15-20,25-26H2,1-6H3;2H2,1H3;1H/q+1;;/p-1. The summed E-state index contributed by atoms with van der Waals surface area (Å²) in [6, 6.07) is 24.7. The minimum absolute atomic E-state index is 0. The number of thioether (sulfide) groups is 1. The molecule has 0 atom stereocenters. The molecule has 0 unspecified atom stereocenters. The molecule has 0 radical (unpaired) electrons. The zero-order valence-electron chi connectivity index (χ0n) is 32.6. The number of anilines is 2. The van der Waals surface area contributed by atoms with Gasteiger partial charge in [0.25, 0.3) is 0 Å². The fourth-order valence-electron chi connectivity index (χ4n) is 6.38. The molecule has 11 nitrogen and oxygen atoms in total. The van der Waals surface area contributed by atoms with Gasteiger partial charge in [0.2, 0.25) is 5.36 Å². The molecule has 2 aliphatic heterocycles. The average molecular weight is 791 g/mol. The maximum absolute atomic E-state index is 12.7. The smallest absolute Gasteiger partial charge is 0.325 e. The van der Waals surface area contributed by atoms with Crippen LogP contribution in [-0.2, 0) is 19.1 Å². The van der Waals surface area contributed by atoms with Crippen LogP contribution in [0.4, 0.5) is 11.4 Å². The summed E-state index contributed by atoms with van der Waals surface area (Å²) >= 11 is 1.74. The van der Waals surface area contributed by atoms with E-state index in [0.29, 0.717) is 24.6 Å². The monoisotopic (exact) mass is 790 g/mol. The molecular formula is C42H51ClN4O7S. The number of methoxy groups -OCH3 is 2. The van der Waals surface area contributed by atoms with Crippen LogP contribution in [0.2, 0.25) is 0 Å². The van der Waals surface area contributed by atoms with Gasteiger partial charge < -0.3 is 51.3 Å². The van der Waals surface area contributed by atoms with Crippen molar-refractivity contribution in [1.29, 1.82) is 0 Å². The molecule has 294 valence electrons. The van der Waals surface area contributed by atoms with E-state index in [0.717, 1.165) is 72.8 Å². The predicted molar refractivity (Wildman–Crippen MR) is 218 cm³/mol. The highest BCUT2D eigenvalue weighted by Crippen LogP contribution is 2.43. The van der Waals surface area contributed by atoms with Crippen LogP contribution >= 0.6 is 11.8 Å². The van der Waals surface area contributed by atoms with Crippen LogP contribution in [0.3, 0.4) is 0 Å². The highest BCUT2D eigenvalue weighted by atomic mass is 35.5. The first-order valence-electron chi connectivity index (χ1n) is 17.9. The molecule has 3 aliphatic rings. The van der Waals surface area contributed by atoms with Crippen molar-refractivity contribution in [1.82, 2.24) is 4.58 Å². The molecule has 3 aromatic rings. The average Bonchev–Trinajstić information content (AvgIpc) is 3.18. The molecule has 13 heteroatoms. The number of esters is 2. The van der Waals surface area contributed by atoms with E-state index in [-0.39, 0.29) is 50.6 Å². The number of carbonyl (C=O) groups is 2. The van der Waals surface area contributed by atoms with E-state index >= 15 is 0 Å². The fraction of sp³-hybridized carbons (Fsp3) is 0.357. The summed E-state index contributed by atoms with van der Waals surface area (Å²) in [5, 5.41) is 2.03. The minimum Gasteiger partial charge on any atom is -1.00 e. The molecular weight excluding hydrogens is 740 g/mol. The summed E-state index contributed by atoms with van der Waals surface area (Å²) in [6.45, 7) is 5.89. The molecule has 0 aromatic heterocycles. The van der Waals surface area contributed by atoms with Crippen LogP contribution in [0, 0.1) is 13.8 Å². The van der Waals surface area contributed by atoms with Crippen molar-refractivity contribution in [3.63, 3.8) is 0 Å². The number of hydrogen-bond donors (Lipinski definition) is 1. The van der Waals surface area contributed by atoms with Gasteiger partial charge in [-0.15, -0.1) is 0 Å². The molecule has 3 aromatic carbocycles. The van der Waals surface area contributed by atoms with Crippen molar-refractivity contribution < 1.29 is 45.4 Å². The highest BCUT2D eigenvalue weighted by Gasteiger charge is 2.23. The maximum Gasteiger partial charge on any atom is 0.325 e. The second-order valence-electron chi connectivity index (χ2n) is 13.0. The third-order valence-electron chi connectivity index (χ3n) is 9.13. The van der Waals surface area contributed by atoms with Crippen LogP contribution in [0.1, 0.15) is 11.1 Å². The number of aryl methyl sites for hydroxylation is 2. The van der Waals surface area contributed by atoms with Gasteiger partial charge in [0.15, 0.2) is 0 Å². The number of halogens is 1. The van der Waals surface area contributed by atoms with Crippen LogP contribution in [0.5, 0.6) is 11.5 Å². The summed E-state index contributed by atoms with van der Waals surface area (Å²) in [5.41, 5.74) is 12.0. The first-order chi connectivity index (χ1) is 26.1. The zero-order valence-corrected chi connectivity index (χ0v) is 34.2. The topological polar surface area (TPSA) is 120 Å². The lowest BCUT2D eigenvalue weighted by molar-refractivity contribution is -0.139. The first-order valence-corrected chi connectivity index (χ1v) is 19.1. The Morgan fingerprint density at radius 1 is 0.764 bits per heavy atom. The first kappa shape index (κ1) is 42.8. The quantitative estimate of drug-likeness (QED) is 0.161. The van der Waals surface area contributed by atoms with E-state index < -0.39 is 0 Å². The molecule has 0 saturated heterocycles. The number of nitrogens with zero attached hydrogens (tertiary/aromatic N) is 3. The van der Waals surface area contributed by atoms with Gasteiger partial charge in [-0.3, -0.25) is 9.59 Å². The van der Waals surface area contributed by atoms with Crippen molar-refractivity contribution in [3.05, 3.63) is 89.3 Å². The number of ether oxygens (including phenoxy) is 4. The molecule has 0 spiro atoms. The van der Waals surface area contributed by atoms with Gasteiger partial charge in [-0.05, 0) is 74.0 Å². The zero-order chi connectivity index (χ0) is 38.8. The van der Waals surface area contributed by atoms with Gasteiger partial charge >= 0.3 is 11.9 Å². The van der Waals surface area contributed by atoms with Gasteiger partial charge in [0.05, 0.1) is 31.7 Å². The summed E-state index contributed by atoms with van der Waals surface area (Å²) < 4.78 is 31.6. The van der Waals surface area contributed by atoms with Crippen LogP contribution < -0.4 is 47.3 Å². The Balaban J connectivity index is 0.00000221. The molecule has 2 N–H and O–H groups in total. The molecule has 1 aliphatic carbocycles. The van der Waals surface area contributed by atoms with E-state index in [9.17, 15) is 9.59 Å². The van der Waals surface area contributed by atoms with E-state index in [1.807, 2.05) is 55.1 Å². The third-order valence-corrected chi connectivity index (χ3v) is 10.1. The Labute approximate surface area is 333 Å².